The lowest BCUT2D eigenvalue weighted by atomic mass is 9.94. The highest BCUT2D eigenvalue weighted by Crippen LogP contribution is 2.52. The first-order chi connectivity index (χ1) is 15.9. The number of hydrogen-bond donors (Lipinski definition) is 1. The quantitative estimate of drug-likeness (QED) is 0.478. The number of nitrogen functional groups attached to an aromatic ring is 1. The van der Waals surface area contributed by atoms with E-state index in [4.69, 9.17) is 19.9 Å². The summed E-state index contributed by atoms with van der Waals surface area (Å²) in [5, 5.41) is 0.794. The zero-order chi connectivity index (χ0) is 24.4. The van der Waals surface area contributed by atoms with Crippen molar-refractivity contribution in [1.29, 1.82) is 0 Å². The number of esters is 1. The van der Waals surface area contributed by atoms with Crippen molar-refractivity contribution in [3.8, 4) is 0 Å². The first-order valence-corrected chi connectivity index (χ1v) is 12.2. The summed E-state index contributed by atoms with van der Waals surface area (Å²) in [6.45, 7) is 9.46. The lowest BCUT2D eigenvalue weighted by Crippen LogP contribution is -2.27. The zero-order valence-corrected chi connectivity index (χ0v) is 21.5. The first kappa shape index (κ1) is 23.3. The molecular weight excluding hydrogens is 500 g/mol. The maximum Gasteiger partial charge on any atom is 0.338 e. The highest BCUT2D eigenvalue weighted by molar-refractivity contribution is 9.10. The lowest BCUT2D eigenvalue weighted by Gasteiger charge is -2.25. The van der Waals surface area contributed by atoms with Crippen molar-refractivity contribution in [2.75, 3.05) is 5.73 Å². The van der Waals surface area contributed by atoms with Gasteiger partial charge < -0.3 is 24.5 Å². The van der Waals surface area contributed by atoms with Gasteiger partial charge in [-0.1, -0.05) is 12.1 Å². The molecule has 0 bridgehead atoms. The molecule has 3 heterocycles. The van der Waals surface area contributed by atoms with Crippen LogP contribution in [0, 0.1) is 0 Å². The standard InChI is InChI=1S/C25H29BrN4O4/c1-24(2,3)34-23(31)14-8-6-13(7-9-14)15-10-17(20-19(15)32-25(4,5)33-20)30-11-16(26)18-21(27)28-12-29-22(18)30/h6-9,11-12,15,17,19-20H,10H2,1-5H3,(H2,27,28,29)/t15-,17-,19-,20+/m0/s1. The average molecular weight is 529 g/mol. The summed E-state index contributed by atoms with van der Waals surface area (Å²) >= 11 is 3.62. The second kappa shape index (κ2) is 8.03. The molecule has 1 aliphatic heterocycles. The third-order valence-electron chi connectivity index (χ3n) is 6.36. The summed E-state index contributed by atoms with van der Waals surface area (Å²) in [4.78, 5) is 21.1. The maximum atomic E-state index is 12.5. The molecule has 0 spiro atoms. The fraction of sp³-hybridized carbons (Fsp3) is 0.480. The van der Waals surface area contributed by atoms with Crippen molar-refractivity contribution in [2.45, 2.75) is 76.6 Å². The summed E-state index contributed by atoms with van der Waals surface area (Å²) in [7, 11) is 0. The molecule has 0 unspecified atom stereocenters. The smallest absolute Gasteiger partial charge is 0.338 e. The second-order valence-electron chi connectivity index (χ2n) is 10.4. The van der Waals surface area contributed by atoms with Crippen molar-refractivity contribution in [3.63, 3.8) is 0 Å². The Morgan fingerprint density at radius 2 is 1.85 bits per heavy atom. The van der Waals surface area contributed by atoms with E-state index in [-0.39, 0.29) is 30.1 Å². The normalized spacial score (nSPS) is 26.1. The molecule has 2 N–H and O–H groups in total. The first-order valence-electron chi connectivity index (χ1n) is 11.4. The molecule has 34 heavy (non-hydrogen) atoms. The molecule has 1 aromatic carbocycles. The fourth-order valence-electron chi connectivity index (χ4n) is 5.07. The van der Waals surface area contributed by atoms with E-state index in [0.717, 1.165) is 27.5 Å². The number of hydrogen-bond acceptors (Lipinski definition) is 7. The molecule has 0 radical (unpaired) electrons. The zero-order valence-electron chi connectivity index (χ0n) is 19.9. The molecule has 1 aliphatic carbocycles. The maximum absolute atomic E-state index is 12.5. The summed E-state index contributed by atoms with van der Waals surface area (Å²) < 4.78 is 21.2. The Labute approximate surface area is 206 Å². The van der Waals surface area contributed by atoms with Crippen LogP contribution in [0.4, 0.5) is 5.82 Å². The molecule has 2 aromatic heterocycles. The number of aromatic nitrogens is 3. The van der Waals surface area contributed by atoms with Gasteiger partial charge in [-0.25, -0.2) is 14.8 Å². The summed E-state index contributed by atoms with van der Waals surface area (Å²) in [5.74, 6) is -0.510. The number of nitrogens with zero attached hydrogens (tertiary/aromatic N) is 3. The van der Waals surface area contributed by atoms with E-state index in [9.17, 15) is 4.79 Å². The summed E-state index contributed by atoms with van der Waals surface area (Å²) in [6.07, 6.45) is 3.97. The van der Waals surface area contributed by atoms with Crippen molar-refractivity contribution < 1.29 is 19.0 Å². The summed E-state index contributed by atoms with van der Waals surface area (Å²) in [5.41, 5.74) is 7.97. The Morgan fingerprint density at radius 1 is 1.18 bits per heavy atom. The monoisotopic (exact) mass is 528 g/mol. The van der Waals surface area contributed by atoms with Crippen LogP contribution in [-0.4, -0.2) is 44.1 Å². The predicted octanol–water partition coefficient (Wildman–Crippen LogP) is 4.98. The van der Waals surface area contributed by atoms with Gasteiger partial charge in [-0.3, -0.25) is 0 Å². The van der Waals surface area contributed by atoms with Gasteiger partial charge in [-0.2, -0.15) is 0 Å². The van der Waals surface area contributed by atoms with Crippen LogP contribution in [0.2, 0.25) is 0 Å². The lowest BCUT2D eigenvalue weighted by molar-refractivity contribution is -0.157. The van der Waals surface area contributed by atoms with E-state index >= 15 is 0 Å². The van der Waals surface area contributed by atoms with Gasteiger partial charge in [0.15, 0.2) is 5.79 Å². The molecule has 1 saturated carbocycles. The van der Waals surface area contributed by atoms with Crippen LogP contribution in [0.3, 0.4) is 0 Å². The van der Waals surface area contributed by atoms with Crippen LogP contribution in [0.15, 0.2) is 41.3 Å². The largest absolute Gasteiger partial charge is 0.456 e. The Morgan fingerprint density at radius 3 is 2.53 bits per heavy atom. The average Bonchev–Trinajstić information content (AvgIpc) is 3.35. The van der Waals surface area contributed by atoms with Crippen LogP contribution in [0.25, 0.3) is 11.0 Å². The van der Waals surface area contributed by atoms with Gasteiger partial charge in [0.1, 0.15) is 29.5 Å². The molecule has 9 heteroatoms. The SMILES string of the molecule is CC(C)(C)OC(=O)c1ccc([C@@H]2C[C@H](n3cc(Br)c4c(N)ncnc43)[C@H]3OC(C)(C)O[C@H]32)cc1. The molecule has 3 aromatic rings. The van der Waals surface area contributed by atoms with Gasteiger partial charge in [0, 0.05) is 16.6 Å². The van der Waals surface area contributed by atoms with Crippen molar-refractivity contribution >= 4 is 38.8 Å². The van der Waals surface area contributed by atoms with Crippen molar-refractivity contribution in [3.05, 3.63) is 52.4 Å². The van der Waals surface area contributed by atoms with Gasteiger partial charge >= 0.3 is 5.97 Å². The van der Waals surface area contributed by atoms with E-state index in [1.807, 2.05) is 65.1 Å². The number of benzene rings is 1. The van der Waals surface area contributed by atoms with Crippen molar-refractivity contribution in [2.24, 2.45) is 0 Å². The van der Waals surface area contributed by atoms with E-state index in [1.54, 1.807) is 0 Å². The molecule has 4 atom stereocenters. The minimum atomic E-state index is -0.698. The minimum Gasteiger partial charge on any atom is -0.456 e. The number of halogens is 1. The predicted molar refractivity (Wildman–Crippen MR) is 131 cm³/mol. The van der Waals surface area contributed by atoms with Crippen molar-refractivity contribution in [1.82, 2.24) is 14.5 Å². The number of fused-ring (bicyclic) bond motifs is 2. The molecule has 2 aliphatic rings. The van der Waals surface area contributed by atoms with Gasteiger partial charge in [0.05, 0.1) is 23.1 Å². The van der Waals surface area contributed by atoms with Crippen LogP contribution in [0.1, 0.15) is 68.9 Å². The number of nitrogens with two attached hydrogens (primary N) is 1. The molecule has 2 fully saturated rings. The van der Waals surface area contributed by atoms with E-state index in [1.165, 1.54) is 6.33 Å². The van der Waals surface area contributed by atoms with E-state index in [0.29, 0.717) is 11.4 Å². The number of carbonyl (C=O) groups excluding carboxylic acids is 1. The van der Waals surface area contributed by atoms with Crippen LogP contribution in [-0.2, 0) is 14.2 Å². The Bertz CT molecular complexity index is 1250. The molecular formula is C25H29BrN4O4. The number of ether oxygens (including phenoxy) is 3. The Kier molecular flexibility index (Phi) is 5.50. The van der Waals surface area contributed by atoms with Crippen LogP contribution < -0.4 is 5.73 Å². The molecule has 0 amide bonds. The number of carbonyl (C=O) groups is 1. The summed E-state index contributed by atoms with van der Waals surface area (Å²) in [6, 6.07) is 7.61. The topological polar surface area (TPSA) is 101 Å². The molecule has 1 saturated heterocycles. The highest BCUT2D eigenvalue weighted by atomic mass is 79.9. The number of rotatable bonds is 3. The fourth-order valence-corrected chi connectivity index (χ4v) is 5.67. The third kappa shape index (κ3) is 4.10. The minimum absolute atomic E-state index is 0.00888. The molecule has 5 rings (SSSR count). The van der Waals surface area contributed by atoms with E-state index in [2.05, 4.69) is 30.5 Å². The van der Waals surface area contributed by atoms with Crippen LogP contribution in [0.5, 0.6) is 0 Å². The highest BCUT2D eigenvalue weighted by Gasteiger charge is 2.55. The van der Waals surface area contributed by atoms with Gasteiger partial charge in [-0.15, -0.1) is 0 Å². The van der Waals surface area contributed by atoms with Gasteiger partial charge in [0.25, 0.3) is 0 Å². The second-order valence-corrected chi connectivity index (χ2v) is 11.3. The molecule has 8 nitrogen and oxygen atoms in total. The van der Waals surface area contributed by atoms with Gasteiger partial charge in [-0.05, 0) is 74.7 Å². The number of anilines is 1. The molecule has 180 valence electrons. The van der Waals surface area contributed by atoms with Gasteiger partial charge in [0.2, 0.25) is 0 Å². The Hall–Kier alpha value is -2.49. The third-order valence-corrected chi connectivity index (χ3v) is 6.96. The van der Waals surface area contributed by atoms with E-state index < -0.39 is 11.4 Å². The van der Waals surface area contributed by atoms with Crippen LogP contribution >= 0.6 is 15.9 Å². The Balaban J connectivity index is 1.48.